The van der Waals surface area contributed by atoms with E-state index in [4.69, 9.17) is 10.5 Å². The summed E-state index contributed by atoms with van der Waals surface area (Å²) in [6.07, 6.45) is 0.202. The van der Waals surface area contributed by atoms with E-state index in [1.54, 1.807) is 36.4 Å². The third-order valence-corrected chi connectivity index (χ3v) is 2.74. The van der Waals surface area contributed by atoms with Crippen LogP contribution in [-0.4, -0.2) is 57.5 Å². The molecule has 1 atom stereocenters. The molecule has 0 heterocycles. The van der Waals surface area contributed by atoms with Crippen molar-refractivity contribution in [1.29, 1.82) is 0 Å². The van der Waals surface area contributed by atoms with Gasteiger partial charge in [0.05, 0.1) is 5.97 Å². The number of rotatable bonds is 5. The third-order valence-electron chi connectivity index (χ3n) is 2.74. The van der Waals surface area contributed by atoms with Crippen LogP contribution in [0.25, 0.3) is 0 Å². The number of carboxylic acid groups (broad SMARTS) is 1. The number of carbonyl (C=O) groups excluding carboxylic acids is 1. The second-order valence-corrected chi connectivity index (χ2v) is 4.35. The predicted molar refractivity (Wildman–Crippen MR) is 74.8 cm³/mol. The van der Waals surface area contributed by atoms with E-state index in [-0.39, 0.29) is 57.7 Å². The number of nitrogens with two attached hydrogens (primary N) is 1. The summed E-state index contributed by atoms with van der Waals surface area (Å²) in [5.41, 5.74) is 6.18. The van der Waals surface area contributed by atoms with Crippen molar-refractivity contribution in [2.75, 3.05) is 0 Å². The molecule has 0 saturated heterocycles. The molecule has 2 aromatic carbocycles. The first-order chi connectivity index (χ1) is 9.54. The Labute approximate surface area is 159 Å². The molecule has 0 bridgehead atoms. The van der Waals surface area contributed by atoms with Crippen molar-refractivity contribution in [1.82, 2.24) is 0 Å². The summed E-state index contributed by atoms with van der Waals surface area (Å²) in [6.45, 7) is 0. The minimum Gasteiger partial charge on any atom is -0.872 e. The zero-order valence-corrected chi connectivity index (χ0v) is 14.8. The Morgan fingerprint density at radius 3 is 2.00 bits per heavy atom. The SMILES string of the molecule is NC(Cc1ccc(Oc2ccc([O-])cc2)cc1)C(=O)[O-].[Sr+2]. The minimum absolute atomic E-state index is 0. The van der Waals surface area contributed by atoms with Crippen LogP contribution in [0.4, 0.5) is 0 Å². The number of aliphatic carboxylic acids is 1. The van der Waals surface area contributed by atoms with E-state index in [0.717, 1.165) is 5.56 Å². The molecule has 2 N–H and O–H groups in total. The van der Waals surface area contributed by atoms with Gasteiger partial charge in [-0.3, -0.25) is 0 Å². The quantitative estimate of drug-likeness (QED) is 0.746. The Bertz CT molecular complexity index is 584. The second-order valence-electron chi connectivity index (χ2n) is 4.35. The van der Waals surface area contributed by atoms with Crippen LogP contribution in [0.3, 0.4) is 0 Å². The van der Waals surface area contributed by atoms with Crippen LogP contribution >= 0.6 is 0 Å². The van der Waals surface area contributed by atoms with E-state index >= 15 is 0 Å². The van der Waals surface area contributed by atoms with Gasteiger partial charge in [0.15, 0.2) is 0 Å². The Hall–Kier alpha value is -1.05. The average molecular weight is 359 g/mol. The van der Waals surface area contributed by atoms with Gasteiger partial charge in [0.2, 0.25) is 0 Å². The molecule has 0 aromatic heterocycles. The molecule has 0 aliphatic carbocycles. The summed E-state index contributed by atoms with van der Waals surface area (Å²) in [6, 6.07) is 11.9. The molecule has 0 fully saturated rings. The fourth-order valence-electron chi connectivity index (χ4n) is 1.67. The van der Waals surface area contributed by atoms with E-state index in [2.05, 4.69) is 0 Å². The molecule has 6 heteroatoms. The summed E-state index contributed by atoms with van der Waals surface area (Å²) in [4.78, 5) is 10.6. The van der Waals surface area contributed by atoms with Crippen molar-refractivity contribution in [3.05, 3.63) is 54.1 Å². The first-order valence-electron chi connectivity index (χ1n) is 6.05. The normalized spacial score (nSPS) is 11.3. The summed E-state index contributed by atoms with van der Waals surface area (Å²) < 4.78 is 5.54. The van der Waals surface area contributed by atoms with Gasteiger partial charge in [0.1, 0.15) is 11.5 Å². The standard InChI is InChI=1S/C15H15NO4.Sr/c16-14(15(18)19)9-10-1-5-12(6-2-10)20-13-7-3-11(17)4-8-13;/h1-8,14,17H,9,16H2,(H,18,19);/q;+2/p-2. The molecule has 2 aromatic rings. The number of benzene rings is 2. The summed E-state index contributed by atoms with van der Waals surface area (Å²) in [5.74, 6) is -0.204. The van der Waals surface area contributed by atoms with Crippen LogP contribution in [0.2, 0.25) is 0 Å². The van der Waals surface area contributed by atoms with E-state index in [1.165, 1.54) is 12.1 Å². The smallest absolute Gasteiger partial charge is 0.872 e. The number of hydrogen-bond donors (Lipinski definition) is 1. The van der Waals surface area contributed by atoms with Crippen LogP contribution in [0.1, 0.15) is 5.56 Å². The van der Waals surface area contributed by atoms with Crippen LogP contribution in [0.15, 0.2) is 48.5 Å². The van der Waals surface area contributed by atoms with Gasteiger partial charge in [-0.1, -0.05) is 24.3 Å². The van der Waals surface area contributed by atoms with Gasteiger partial charge in [0.25, 0.3) is 0 Å². The average Bonchev–Trinajstić information content (AvgIpc) is 2.43. The monoisotopic (exact) mass is 359 g/mol. The summed E-state index contributed by atoms with van der Waals surface area (Å²) in [7, 11) is 0. The summed E-state index contributed by atoms with van der Waals surface area (Å²) >= 11 is 0. The maximum atomic E-state index is 11.0. The molecular formula is C15H13NO4Sr. The number of ether oxygens (including phenoxy) is 1. The van der Waals surface area contributed by atoms with Crippen molar-refractivity contribution in [2.24, 2.45) is 5.73 Å². The van der Waals surface area contributed by atoms with Gasteiger partial charge in [-0.05, 0) is 36.2 Å². The van der Waals surface area contributed by atoms with Gasteiger partial charge in [-0.25, -0.2) is 0 Å². The fraction of sp³-hybridized carbons (Fsp3) is 0.133. The van der Waals surface area contributed by atoms with E-state index in [0.29, 0.717) is 11.5 Å². The number of carbonyl (C=O) groups is 1. The number of carboxylic acids is 1. The van der Waals surface area contributed by atoms with Crippen molar-refractivity contribution in [3.8, 4) is 17.2 Å². The zero-order valence-electron chi connectivity index (χ0n) is 11.3. The molecule has 0 radical (unpaired) electrons. The maximum absolute atomic E-state index is 11.0. The Balaban J connectivity index is 0.00000220. The molecule has 0 saturated carbocycles. The predicted octanol–water partition coefficient (Wildman–Crippen LogP) is -0.209. The van der Waals surface area contributed by atoms with Crippen molar-refractivity contribution < 1.29 is 19.7 Å². The molecule has 104 valence electrons. The molecule has 0 amide bonds. The second kappa shape index (κ2) is 8.41. The summed E-state index contributed by atoms with van der Waals surface area (Å²) in [5, 5.41) is 21.5. The van der Waals surface area contributed by atoms with Crippen LogP contribution < -0.4 is 20.7 Å². The van der Waals surface area contributed by atoms with Crippen molar-refractivity contribution in [3.63, 3.8) is 0 Å². The van der Waals surface area contributed by atoms with Gasteiger partial charge in [-0.2, -0.15) is 0 Å². The molecule has 0 aliphatic heterocycles. The van der Waals surface area contributed by atoms with Gasteiger partial charge in [-0.15, -0.1) is 5.75 Å². The van der Waals surface area contributed by atoms with Crippen LogP contribution in [0, 0.1) is 0 Å². The third kappa shape index (κ3) is 5.68. The largest absolute Gasteiger partial charge is 2.00 e. The Morgan fingerprint density at radius 1 is 1.05 bits per heavy atom. The fourth-order valence-corrected chi connectivity index (χ4v) is 1.67. The Morgan fingerprint density at radius 2 is 1.52 bits per heavy atom. The first-order valence-corrected chi connectivity index (χ1v) is 6.05. The van der Waals surface area contributed by atoms with E-state index in [9.17, 15) is 15.0 Å². The van der Waals surface area contributed by atoms with Crippen molar-refractivity contribution >= 4 is 51.5 Å². The van der Waals surface area contributed by atoms with E-state index in [1.807, 2.05) is 0 Å². The van der Waals surface area contributed by atoms with E-state index < -0.39 is 12.0 Å². The maximum Gasteiger partial charge on any atom is 2.00 e. The first kappa shape index (κ1) is 18.0. The molecular weight excluding hydrogens is 346 g/mol. The molecule has 0 aliphatic rings. The van der Waals surface area contributed by atoms with Crippen molar-refractivity contribution in [2.45, 2.75) is 12.5 Å². The van der Waals surface area contributed by atoms with Gasteiger partial charge >= 0.3 is 45.5 Å². The molecule has 21 heavy (non-hydrogen) atoms. The Kier molecular flexibility index (Phi) is 7.21. The van der Waals surface area contributed by atoms with Gasteiger partial charge < -0.3 is 25.5 Å². The number of hydrogen-bond acceptors (Lipinski definition) is 5. The van der Waals surface area contributed by atoms with Gasteiger partial charge in [0, 0.05) is 6.04 Å². The molecule has 0 spiro atoms. The molecule has 5 nitrogen and oxygen atoms in total. The zero-order chi connectivity index (χ0) is 14.5. The van der Waals surface area contributed by atoms with Crippen LogP contribution in [-0.2, 0) is 11.2 Å². The van der Waals surface area contributed by atoms with Crippen LogP contribution in [0.5, 0.6) is 17.2 Å². The minimum atomic E-state index is -1.27. The molecule has 2 rings (SSSR count). The topological polar surface area (TPSA) is 98.4 Å². The molecule has 1 unspecified atom stereocenters.